The molecular weight excluding hydrogens is 562 g/mol. The summed E-state index contributed by atoms with van der Waals surface area (Å²) >= 11 is 0. The van der Waals surface area contributed by atoms with Crippen molar-refractivity contribution in [2.75, 3.05) is 0 Å². The number of furan rings is 1. The number of rotatable bonds is 3. The average Bonchev–Trinajstić information content (AvgIpc) is 3.65. The summed E-state index contributed by atoms with van der Waals surface area (Å²) < 4.78 is 8.86. The topological polar surface area (TPSA) is 43.9 Å². The molecule has 46 heavy (non-hydrogen) atoms. The molecule has 0 saturated heterocycles. The third-order valence-corrected chi connectivity index (χ3v) is 9.69. The number of aryl methyl sites for hydroxylation is 2. The summed E-state index contributed by atoms with van der Waals surface area (Å²) in [5, 5.41) is 5.00. The number of hydrogen-bond donors (Lipinski definition) is 0. The average molecular weight is 592 g/mol. The van der Waals surface area contributed by atoms with E-state index in [0.29, 0.717) is 5.82 Å². The molecule has 218 valence electrons. The minimum absolute atomic E-state index is 0.707. The highest BCUT2D eigenvalue weighted by molar-refractivity contribution is 6.13. The molecule has 0 radical (unpaired) electrons. The van der Waals surface area contributed by atoms with E-state index in [-0.39, 0.29) is 0 Å². The van der Waals surface area contributed by atoms with Gasteiger partial charge in [0.15, 0.2) is 11.4 Å². The Morgan fingerprint density at radius 1 is 0.630 bits per heavy atom. The summed E-state index contributed by atoms with van der Waals surface area (Å²) in [5.74, 6) is 1.70. The summed E-state index contributed by atoms with van der Waals surface area (Å²) in [6.07, 6.45) is 12.9. The van der Waals surface area contributed by atoms with Gasteiger partial charge in [-0.1, -0.05) is 78.9 Å². The van der Waals surface area contributed by atoms with Gasteiger partial charge in [0.25, 0.3) is 0 Å². The van der Waals surface area contributed by atoms with Crippen molar-refractivity contribution in [1.29, 1.82) is 0 Å². The van der Waals surface area contributed by atoms with Crippen molar-refractivity contribution in [3.8, 4) is 28.3 Å². The molecule has 3 aromatic heterocycles. The highest BCUT2D eigenvalue weighted by atomic mass is 16.3. The highest BCUT2D eigenvalue weighted by Crippen LogP contribution is 2.39. The Kier molecular flexibility index (Phi) is 5.49. The van der Waals surface area contributed by atoms with E-state index >= 15 is 0 Å². The van der Waals surface area contributed by atoms with Gasteiger partial charge in [-0.05, 0) is 89.7 Å². The van der Waals surface area contributed by atoms with Crippen LogP contribution in [0.3, 0.4) is 0 Å². The van der Waals surface area contributed by atoms with E-state index in [9.17, 15) is 0 Å². The second-order valence-corrected chi connectivity index (χ2v) is 12.4. The van der Waals surface area contributed by atoms with Crippen LogP contribution in [0, 0.1) is 0 Å². The fraction of sp³-hybridized carbons (Fsp3) is 0.0952. The van der Waals surface area contributed by atoms with Crippen molar-refractivity contribution >= 4 is 55.8 Å². The van der Waals surface area contributed by atoms with Crippen LogP contribution in [-0.2, 0) is 12.8 Å². The molecule has 0 N–H and O–H groups in total. The largest absolute Gasteiger partial charge is 0.456 e. The van der Waals surface area contributed by atoms with Gasteiger partial charge in [-0.15, -0.1) is 0 Å². The number of fused-ring (bicyclic) bond motifs is 8. The van der Waals surface area contributed by atoms with Crippen LogP contribution in [-0.4, -0.2) is 14.5 Å². The maximum absolute atomic E-state index is 6.49. The summed E-state index contributed by atoms with van der Waals surface area (Å²) in [4.78, 5) is 10.3. The van der Waals surface area contributed by atoms with Crippen molar-refractivity contribution in [3.63, 3.8) is 0 Å². The molecule has 0 fully saturated rings. The van der Waals surface area contributed by atoms with E-state index in [2.05, 4.69) is 132 Å². The molecule has 2 aliphatic rings. The van der Waals surface area contributed by atoms with Crippen molar-refractivity contribution in [3.05, 3.63) is 138 Å². The van der Waals surface area contributed by atoms with Gasteiger partial charge in [-0.3, -0.25) is 0 Å². The van der Waals surface area contributed by atoms with E-state index in [4.69, 9.17) is 14.4 Å². The molecule has 0 atom stereocenters. The van der Waals surface area contributed by atoms with Crippen molar-refractivity contribution in [1.82, 2.24) is 14.5 Å². The normalized spacial score (nSPS) is 14.0. The molecule has 4 nitrogen and oxygen atoms in total. The quantitative estimate of drug-likeness (QED) is 0.205. The van der Waals surface area contributed by atoms with Crippen molar-refractivity contribution in [2.45, 2.75) is 25.7 Å². The predicted molar refractivity (Wildman–Crippen MR) is 189 cm³/mol. The first kappa shape index (κ1) is 25.6. The maximum Gasteiger partial charge on any atom is 0.179 e. The lowest BCUT2D eigenvalue weighted by molar-refractivity contribution is 0.546. The zero-order valence-corrected chi connectivity index (χ0v) is 25.2. The predicted octanol–water partition coefficient (Wildman–Crippen LogP) is 10.7. The Morgan fingerprint density at radius 3 is 2.33 bits per heavy atom. The zero-order chi connectivity index (χ0) is 30.2. The van der Waals surface area contributed by atoms with Crippen LogP contribution < -0.4 is 0 Å². The van der Waals surface area contributed by atoms with E-state index in [1.54, 1.807) is 0 Å². The lowest BCUT2D eigenvalue weighted by Gasteiger charge is -2.13. The van der Waals surface area contributed by atoms with Crippen LogP contribution in [0.4, 0.5) is 0 Å². The Bertz CT molecular complexity index is 2580. The highest BCUT2D eigenvalue weighted by Gasteiger charge is 2.23. The molecule has 0 spiro atoms. The molecule has 0 saturated carbocycles. The molecule has 4 heteroatoms. The van der Waals surface area contributed by atoms with Crippen LogP contribution >= 0.6 is 0 Å². The van der Waals surface area contributed by atoms with Gasteiger partial charge in [-0.2, -0.15) is 0 Å². The lowest BCUT2D eigenvalue weighted by atomic mass is 9.94. The van der Waals surface area contributed by atoms with E-state index in [0.717, 1.165) is 70.6 Å². The summed E-state index contributed by atoms with van der Waals surface area (Å²) in [6.45, 7) is 0. The number of allylic oxidation sites excluding steroid dienone is 2. The minimum Gasteiger partial charge on any atom is -0.456 e. The molecule has 10 rings (SSSR count). The van der Waals surface area contributed by atoms with Gasteiger partial charge >= 0.3 is 0 Å². The maximum atomic E-state index is 6.49. The van der Waals surface area contributed by atoms with E-state index < -0.39 is 0 Å². The molecule has 3 heterocycles. The fourth-order valence-electron chi connectivity index (χ4n) is 7.40. The molecule has 0 aliphatic heterocycles. The smallest absolute Gasteiger partial charge is 0.179 e. The minimum atomic E-state index is 0.707. The van der Waals surface area contributed by atoms with Gasteiger partial charge in [-0.25, -0.2) is 9.97 Å². The zero-order valence-electron chi connectivity index (χ0n) is 25.2. The third-order valence-electron chi connectivity index (χ3n) is 9.69. The van der Waals surface area contributed by atoms with Gasteiger partial charge < -0.3 is 8.98 Å². The van der Waals surface area contributed by atoms with Crippen molar-refractivity contribution < 1.29 is 4.42 Å². The first-order chi connectivity index (χ1) is 22.8. The standard InChI is InChI=1S/C42H29N3O/c1-2-10-28-23-31(18-17-26(28)9-1)39-41-40(34-14-6-8-16-38(34)46-41)44-42(43-39)27-19-21-32(22-20-27)45-36-15-7-5-13-33(36)35-24-29-11-3-4-12-30(29)25-37(35)45/h2-7,10-15,17-25H,1,8-9,16H2. The van der Waals surface area contributed by atoms with Crippen LogP contribution in [0.1, 0.15) is 35.3 Å². The third kappa shape index (κ3) is 3.86. The van der Waals surface area contributed by atoms with Gasteiger partial charge in [0.2, 0.25) is 0 Å². The Labute approximate surface area is 266 Å². The lowest BCUT2D eigenvalue weighted by Crippen LogP contribution is -1.98. The number of aromatic nitrogens is 3. The molecule has 0 bridgehead atoms. The Morgan fingerprint density at radius 2 is 1.41 bits per heavy atom. The first-order valence-electron chi connectivity index (χ1n) is 16.1. The van der Waals surface area contributed by atoms with Crippen molar-refractivity contribution in [2.24, 2.45) is 0 Å². The summed E-state index contributed by atoms with van der Waals surface area (Å²) in [6, 6.07) is 37.3. The molecule has 8 aromatic rings. The monoisotopic (exact) mass is 591 g/mol. The van der Waals surface area contributed by atoms with Crippen LogP contribution in [0.15, 0.2) is 120 Å². The summed E-state index contributed by atoms with van der Waals surface area (Å²) in [7, 11) is 0. The summed E-state index contributed by atoms with van der Waals surface area (Å²) in [5.41, 5.74) is 11.8. The first-order valence-corrected chi connectivity index (χ1v) is 16.1. The Hall–Kier alpha value is -5.74. The second-order valence-electron chi connectivity index (χ2n) is 12.4. The molecular formula is C42H29N3O. The number of nitrogens with zero attached hydrogens (tertiary/aromatic N) is 3. The number of benzene rings is 5. The van der Waals surface area contributed by atoms with E-state index in [1.165, 1.54) is 43.7 Å². The molecule has 0 amide bonds. The van der Waals surface area contributed by atoms with Gasteiger partial charge in [0, 0.05) is 39.6 Å². The number of para-hydroxylation sites is 1. The van der Waals surface area contributed by atoms with E-state index in [1.807, 2.05) is 0 Å². The van der Waals surface area contributed by atoms with Gasteiger partial charge in [0.1, 0.15) is 17.0 Å². The number of hydrogen-bond acceptors (Lipinski definition) is 3. The molecule has 2 aliphatic carbocycles. The second kappa shape index (κ2) is 9.88. The van der Waals surface area contributed by atoms with Gasteiger partial charge in [0.05, 0.1) is 11.0 Å². The molecule has 0 unspecified atom stereocenters. The fourth-order valence-corrected chi connectivity index (χ4v) is 7.40. The van der Waals surface area contributed by atoms with Crippen LogP contribution in [0.25, 0.3) is 84.2 Å². The SMILES string of the molecule is C1=Cc2cc(-c3nc(-c4ccc(-n5c6ccccc6c6cc7ccccc7cc65)cc4)nc4c5c(oc34)CCC=C5)ccc2CC1. The van der Waals surface area contributed by atoms with Crippen LogP contribution in [0.5, 0.6) is 0 Å². The molecule has 5 aromatic carbocycles. The Balaban J connectivity index is 1.15. The van der Waals surface area contributed by atoms with Crippen LogP contribution in [0.2, 0.25) is 0 Å².